The number of fused-ring (bicyclic) bond motifs is 5. The third kappa shape index (κ3) is 2.05. The van der Waals surface area contributed by atoms with E-state index >= 15 is 0 Å². The van der Waals surface area contributed by atoms with E-state index in [-0.39, 0.29) is 17.4 Å². The zero-order chi connectivity index (χ0) is 14.6. The number of phenolic OH excluding ortho intramolecular Hbond substituents is 2. The van der Waals surface area contributed by atoms with Gasteiger partial charge in [0, 0.05) is 23.0 Å². The number of rotatable bonds is 0. The molecule has 0 aromatic heterocycles. The minimum atomic E-state index is -0.0310. The van der Waals surface area contributed by atoms with Crippen LogP contribution in [0.15, 0.2) is 34.8 Å². The first-order chi connectivity index (χ1) is 10.1. The van der Waals surface area contributed by atoms with Crippen molar-refractivity contribution >= 4 is 15.9 Å². The predicted octanol–water partition coefficient (Wildman–Crippen LogP) is 3.41. The molecule has 2 aromatic carbocycles. The van der Waals surface area contributed by atoms with E-state index in [0.29, 0.717) is 6.04 Å². The van der Waals surface area contributed by atoms with Crippen LogP contribution >= 0.6 is 15.9 Å². The number of hydrogen-bond donors (Lipinski definition) is 3. The zero-order valence-electron chi connectivity index (χ0n) is 11.4. The summed E-state index contributed by atoms with van der Waals surface area (Å²) in [7, 11) is 0. The second kappa shape index (κ2) is 4.75. The van der Waals surface area contributed by atoms with Gasteiger partial charge in [-0.25, -0.2) is 0 Å². The number of halogens is 1. The van der Waals surface area contributed by atoms with Crippen molar-refractivity contribution in [3.8, 4) is 11.5 Å². The standard InChI is InChI=1S/C17H16BrNO2/c18-11-3-1-10-8-19-14-4-2-9-5-15(20)16(21)7-13(9)17(14)12(10)6-11/h1,3,5-7,14,17,19-21H,2,4,8H2/t14-,17-/m1/s1. The van der Waals surface area contributed by atoms with Crippen LogP contribution in [0.1, 0.15) is 34.6 Å². The fourth-order valence-electron chi connectivity index (χ4n) is 3.70. The molecule has 4 heteroatoms. The van der Waals surface area contributed by atoms with E-state index in [1.54, 1.807) is 12.1 Å². The summed E-state index contributed by atoms with van der Waals surface area (Å²) in [5.41, 5.74) is 4.90. The van der Waals surface area contributed by atoms with Gasteiger partial charge in [0.1, 0.15) is 0 Å². The molecule has 0 amide bonds. The second-order valence-electron chi connectivity index (χ2n) is 5.89. The largest absolute Gasteiger partial charge is 0.504 e. The maximum absolute atomic E-state index is 9.89. The van der Waals surface area contributed by atoms with Crippen LogP contribution in [0, 0.1) is 0 Å². The van der Waals surface area contributed by atoms with Gasteiger partial charge in [0.2, 0.25) is 0 Å². The van der Waals surface area contributed by atoms with Crippen LogP contribution in [-0.4, -0.2) is 16.3 Å². The molecule has 108 valence electrons. The van der Waals surface area contributed by atoms with Crippen molar-refractivity contribution in [2.24, 2.45) is 0 Å². The molecular weight excluding hydrogens is 330 g/mol. The van der Waals surface area contributed by atoms with E-state index in [0.717, 1.165) is 35.0 Å². The molecule has 2 aromatic rings. The Morgan fingerprint density at radius 1 is 1.00 bits per heavy atom. The Labute approximate surface area is 131 Å². The summed E-state index contributed by atoms with van der Waals surface area (Å²) < 4.78 is 1.08. The van der Waals surface area contributed by atoms with Gasteiger partial charge in [0.25, 0.3) is 0 Å². The van der Waals surface area contributed by atoms with Crippen molar-refractivity contribution in [2.45, 2.75) is 31.3 Å². The molecule has 2 aliphatic rings. The van der Waals surface area contributed by atoms with Gasteiger partial charge in [-0.1, -0.05) is 22.0 Å². The Hall–Kier alpha value is -1.52. The quantitative estimate of drug-likeness (QED) is 0.641. The van der Waals surface area contributed by atoms with Gasteiger partial charge in [-0.05, 0) is 59.4 Å². The molecule has 0 bridgehead atoms. The fraction of sp³-hybridized carbons (Fsp3) is 0.294. The van der Waals surface area contributed by atoms with Crippen LogP contribution < -0.4 is 5.32 Å². The van der Waals surface area contributed by atoms with Crippen molar-refractivity contribution < 1.29 is 10.2 Å². The van der Waals surface area contributed by atoms with Crippen LogP contribution in [0.2, 0.25) is 0 Å². The van der Waals surface area contributed by atoms with Crippen molar-refractivity contribution in [1.29, 1.82) is 0 Å². The maximum Gasteiger partial charge on any atom is 0.157 e. The Morgan fingerprint density at radius 3 is 2.62 bits per heavy atom. The summed E-state index contributed by atoms with van der Waals surface area (Å²) in [5.74, 6) is 0.184. The predicted molar refractivity (Wildman–Crippen MR) is 84.7 cm³/mol. The van der Waals surface area contributed by atoms with E-state index in [2.05, 4.69) is 39.4 Å². The molecule has 0 fully saturated rings. The Morgan fingerprint density at radius 2 is 1.76 bits per heavy atom. The highest BCUT2D eigenvalue weighted by atomic mass is 79.9. The highest BCUT2D eigenvalue weighted by Crippen LogP contribution is 2.44. The molecule has 0 saturated carbocycles. The van der Waals surface area contributed by atoms with Gasteiger partial charge in [0.05, 0.1) is 0 Å². The molecule has 1 aliphatic carbocycles. The molecular formula is C17H16BrNO2. The summed E-state index contributed by atoms with van der Waals surface area (Å²) >= 11 is 3.56. The number of nitrogens with one attached hydrogen (secondary N) is 1. The van der Waals surface area contributed by atoms with Crippen molar-refractivity contribution in [3.63, 3.8) is 0 Å². The molecule has 0 spiro atoms. The van der Waals surface area contributed by atoms with Gasteiger partial charge >= 0.3 is 0 Å². The van der Waals surface area contributed by atoms with E-state index < -0.39 is 0 Å². The zero-order valence-corrected chi connectivity index (χ0v) is 13.0. The molecule has 4 rings (SSSR count). The van der Waals surface area contributed by atoms with E-state index in [1.807, 2.05) is 0 Å². The van der Waals surface area contributed by atoms with Crippen LogP contribution in [-0.2, 0) is 13.0 Å². The average Bonchev–Trinajstić information content (AvgIpc) is 2.48. The van der Waals surface area contributed by atoms with Gasteiger partial charge < -0.3 is 15.5 Å². The monoisotopic (exact) mass is 345 g/mol. The normalized spacial score (nSPS) is 23.1. The third-order valence-electron chi connectivity index (χ3n) is 4.70. The summed E-state index contributed by atoms with van der Waals surface area (Å²) in [4.78, 5) is 0. The van der Waals surface area contributed by atoms with E-state index in [1.165, 1.54) is 11.1 Å². The lowest BCUT2D eigenvalue weighted by atomic mass is 9.72. The smallest absolute Gasteiger partial charge is 0.157 e. The molecule has 21 heavy (non-hydrogen) atoms. The van der Waals surface area contributed by atoms with Crippen LogP contribution in [0.5, 0.6) is 11.5 Å². The van der Waals surface area contributed by atoms with Crippen molar-refractivity contribution in [3.05, 3.63) is 57.1 Å². The molecule has 0 radical (unpaired) electrons. The lowest BCUT2D eigenvalue weighted by Crippen LogP contribution is -2.42. The number of benzene rings is 2. The highest BCUT2D eigenvalue weighted by Gasteiger charge is 2.35. The fourth-order valence-corrected chi connectivity index (χ4v) is 4.08. The summed E-state index contributed by atoms with van der Waals surface area (Å²) in [6, 6.07) is 10.2. The SMILES string of the molecule is Oc1cc2c(cc1O)[C@H]1c3cc(Br)ccc3CN[C@@H]1CC2. The Kier molecular flexibility index (Phi) is 2.98. The number of aryl methyl sites for hydroxylation is 1. The van der Waals surface area contributed by atoms with Gasteiger partial charge in [0.15, 0.2) is 11.5 Å². The Bertz CT molecular complexity index is 729. The first-order valence-electron chi connectivity index (χ1n) is 7.20. The van der Waals surface area contributed by atoms with Gasteiger partial charge in [-0.15, -0.1) is 0 Å². The lowest BCUT2D eigenvalue weighted by molar-refractivity contribution is 0.380. The highest BCUT2D eigenvalue weighted by molar-refractivity contribution is 9.10. The summed E-state index contributed by atoms with van der Waals surface area (Å²) in [6.07, 6.45) is 1.98. The van der Waals surface area contributed by atoms with Crippen LogP contribution in [0.25, 0.3) is 0 Å². The number of hydrogen-bond acceptors (Lipinski definition) is 3. The van der Waals surface area contributed by atoms with Crippen LogP contribution in [0.4, 0.5) is 0 Å². The van der Waals surface area contributed by atoms with Gasteiger partial charge in [-0.3, -0.25) is 0 Å². The van der Waals surface area contributed by atoms with E-state index in [4.69, 9.17) is 0 Å². The third-order valence-corrected chi connectivity index (χ3v) is 5.19. The molecule has 0 unspecified atom stereocenters. The molecule has 2 atom stereocenters. The number of phenols is 2. The second-order valence-corrected chi connectivity index (χ2v) is 6.80. The minimum absolute atomic E-state index is 0.0227. The minimum Gasteiger partial charge on any atom is -0.504 e. The average molecular weight is 346 g/mol. The summed E-state index contributed by atoms with van der Waals surface area (Å²) in [5, 5.41) is 23.2. The lowest BCUT2D eigenvalue weighted by Gasteiger charge is -2.39. The molecule has 0 saturated heterocycles. The van der Waals surface area contributed by atoms with Crippen LogP contribution in [0.3, 0.4) is 0 Å². The van der Waals surface area contributed by atoms with E-state index in [9.17, 15) is 10.2 Å². The molecule has 3 N–H and O–H groups in total. The topological polar surface area (TPSA) is 52.5 Å². The summed E-state index contributed by atoms with van der Waals surface area (Å²) in [6.45, 7) is 0.892. The van der Waals surface area contributed by atoms with Gasteiger partial charge in [-0.2, -0.15) is 0 Å². The Balaban J connectivity index is 1.92. The molecule has 1 heterocycles. The first kappa shape index (κ1) is 13.2. The maximum atomic E-state index is 9.89. The number of aromatic hydroxyl groups is 2. The molecule has 3 nitrogen and oxygen atoms in total. The molecule has 1 aliphatic heterocycles. The van der Waals surface area contributed by atoms with Crippen molar-refractivity contribution in [2.75, 3.05) is 0 Å². The first-order valence-corrected chi connectivity index (χ1v) is 7.99. The van der Waals surface area contributed by atoms with Crippen molar-refractivity contribution in [1.82, 2.24) is 5.32 Å².